The maximum absolute atomic E-state index is 4.71. The fourth-order valence-electron chi connectivity index (χ4n) is 2.09. The molecule has 0 saturated heterocycles. The predicted octanol–water partition coefficient (Wildman–Crippen LogP) is 2.59. The van der Waals surface area contributed by atoms with Crippen molar-refractivity contribution in [2.45, 2.75) is 34.8 Å². The lowest BCUT2D eigenvalue weighted by molar-refractivity contribution is 0.661. The van der Waals surface area contributed by atoms with Crippen LogP contribution >= 0.6 is 23.3 Å². The van der Waals surface area contributed by atoms with Gasteiger partial charge in [-0.15, -0.1) is 0 Å². The Morgan fingerprint density at radius 2 is 2.35 bits per heavy atom. The molecule has 1 fully saturated rings. The molecule has 3 heterocycles. The minimum absolute atomic E-state index is 0.684. The van der Waals surface area contributed by atoms with E-state index < -0.39 is 0 Å². The van der Waals surface area contributed by atoms with Crippen molar-refractivity contribution in [2.24, 2.45) is 0 Å². The highest BCUT2D eigenvalue weighted by molar-refractivity contribution is 8.00. The highest BCUT2D eigenvalue weighted by Gasteiger charge is 2.22. The summed E-state index contributed by atoms with van der Waals surface area (Å²) in [6.07, 6.45) is 6.23. The molecule has 0 amide bonds. The van der Waals surface area contributed by atoms with Gasteiger partial charge in [-0.25, -0.2) is 9.97 Å². The number of hydrogen-bond donors (Lipinski definition) is 1. The van der Waals surface area contributed by atoms with Crippen LogP contribution < -0.4 is 5.32 Å². The number of nitrogens with zero attached hydrogens (tertiary/aromatic N) is 4. The first-order valence-corrected chi connectivity index (χ1v) is 8.13. The van der Waals surface area contributed by atoms with Crippen molar-refractivity contribution >= 4 is 28.9 Å². The zero-order valence-electron chi connectivity index (χ0n) is 10.7. The lowest BCUT2D eigenvalue weighted by atomic mass is 10.4. The average Bonchev–Trinajstić information content (AvgIpc) is 3.03. The summed E-state index contributed by atoms with van der Waals surface area (Å²) in [7, 11) is 0. The highest BCUT2D eigenvalue weighted by Crippen LogP contribution is 2.31. The summed E-state index contributed by atoms with van der Waals surface area (Å²) in [4.78, 5) is 8.94. The summed E-state index contributed by atoms with van der Waals surface area (Å²) in [6.45, 7) is 0.844. The molecule has 0 aromatic carbocycles. The number of nitrogens with one attached hydrogen (secondary N) is 1. The standard InChI is InChI=1S/C13H13N5S2/c1-2-6-18-10(7-14-9-4-5-9)12(17-11(18)3-1)19-13-15-8-16-20-13/h1-3,6,8-9,14H,4-5,7H2. The molecule has 20 heavy (non-hydrogen) atoms. The first-order valence-electron chi connectivity index (χ1n) is 6.54. The topological polar surface area (TPSA) is 55.1 Å². The Morgan fingerprint density at radius 3 is 3.15 bits per heavy atom. The molecule has 0 spiro atoms. The van der Waals surface area contributed by atoms with Gasteiger partial charge in [-0.05, 0) is 48.3 Å². The molecular formula is C13H13N5S2. The molecule has 1 aliphatic carbocycles. The molecule has 1 saturated carbocycles. The quantitative estimate of drug-likeness (QED) is 0.785. The molecule has 0 bridgehead atoms. The van der Waals surface area contributed by atoms with Crippen LogP contribution in [0.15, 0.2) is 40.1 Å². The van der Waals surface area contributed by atoms with Crippen LogP contribution in [0.4, 0.5) is 0 Å². The minimum atomic E-state index is 0.684. The van der Waals surface area contributed by atoms with E-state index in [0.29, 0.717) is 6.04 Å². The second kappa shape index (κ2) is 5.16. The van der Waals surface area contributed by atoms with Crippen molar-refractivity contribution in [2.75, 3.05) is 0 Å². The van der Waals surface area contributed by atoms with E-state index in [-0.39, 0.29) is 0 Å². The Kier molecular flexibility index (Phi) is 3.17. The molecule has 4 rings (SSSR count). The molecule has 1 N–H and O–H groups in total. The Labute approximate surface area is 124 Å². The van der Waals surface area contributed by atoms with E-state index in [1.165, 1.54) is 30.1 Å². The van der Waals surface area contributed by atoms with Gasteiger partial charge in [0.2, 0.25) is 0 Å². The van der Waals surface area contributed by atoms with E-state index >= 15 is 0 Å². The Morgan fingerprint density at radius 1 is 1.40 bits per heavy atom. The number of hydrogen-bond acceptors (Lipinski definition) is 6. The maximum atomic E-state index is 4.71. The third-order valence-corrected chi connectivity index (χ3v) is 4.99. The normalized spacial score (nSPS) is 15.0. The van der Waals surface area contributed by atoms with E-state index in [1.54, 1.807) is 18.1 Å². The van der Waals surface area contributed by atoms with Crippen LogP contribution in [-0.2, 0) is 6.54 Å². The van der Waals surface area contributed by atoms with Crippen molar-refractivity contribution in [3.8, 4) is 0 Å². The second-order valence-electron chi connectivity index (χ2n) is 4.76. The van der Waals surface area contributed by atoms with E-state index in [9.17, 15) is 0 Å². The first kappa shape index (κ1) is 12.3. The van der Waals surface area contributed by atoms with Crippen molar-refractivity contribution in [1.82, 2.24) is 24.1 Å². The fourth-order valence-corrected chi connectivity index (χ4v) is 3.57. The molecule has 5 nitrogen and oxygen atoms in total. The van der Waals surface area contributed by atoms with Gasteiger partial charge in [0.1, 0.15) is 17.0 Å². The van der Waals surface area contributed by atoms with Crippen molar-refractivity contribution in [1.29, 1.82) is 0 Å². The summed E-state index contributed by atoms with van der Waals surface area (Å²) in [6, 6.07) is 6.77. The summed E-state index contributed by atoms with van der Waals surface area (Å²) < 4.78 is 7.13. The summed E-state index contributed by atoms with van der Waals surface area (Å²) >= 11 is 3.00. The third-order valence-electron chi connectivity index (χ3n) is 3.25. The number of pyridine rings is 1. The molecule has 0 aliphatic heterocycles. The maximum Gasteiger partial charge on any atom is 0.176 e. The van der Waals surface area contributed by atoms with Crippen molar-refractivity contribution in [3.63, 3.8) is 0 Å². The Hall–Kier alpha value is -1.44. The lowest BCUT2D eigenvalue weighted by Crippen LogP contribution is -2.17. The molecule has 3 aromatic rings. The number of aromatic nitrogens is 4. The zero-order valence-corrected chi connectivity index (χ0v) is 12.3. The van der Waals surface area contributed by atoms with Gasteiger partial charge >= 0.3 is 0 Å². The molecule has 3 aromatic heterocycles. The van der Waals surface area contributed by atoms with E-state index in [4.69, 9.17) is 4.98 Å². The molecular weight excluding hydrogens is 290 g/mol. The first-order chi connectivity index (χ1) is 9.90. The van der Waals surface area contributed by atoms with Crippen LogP contribution in [-0.4, -0.2) is 24.8 Å². The lowest BCUT2D eigenvalue weighted by Gasteiger charge is -2.05. The summed E-state index contributed by atoms with van der Waals surface area (Å²) in [5.41, 5.74) is 2.18. The van der Waals surface area contributed by atoms with E-state index in [1.807, 2.05) is 18.2 Å². The van der Waals surface area contributed by atoms with Gasteiger partial charge in [-0.2, -0.15) is 4.37 Å². The average molecular weight is 303 g/mol. The third kappa shape index (κ3) is 2.44. The SMILES string of the molecule is c1ccn2c(CNC3CC3)c(Sc3ncns3)nc2c1. The van der Waals surface area contributed by atoms with Gasteiger partial charge in [-0.1, -0.05) is 6.07 Å². The molecule has 0 unspecified atom stereocenters. The van der Waals surface area contributed by atoms with Crippen LogP contribution in [0, 0.1) is 0 Å². The van der Waals surface area contributed by atoms with Gasteiger partial charge in [0.15, 0.2) is 4.34 Å². The van der Waals surface area contributed by atoms with Gasteiger partial charge in [0.25, 0.3) is 0 Å². The largest absolute Gasteiger partial charge is 0.308 e. The molecule has 1 aliphatic rings. The minimum Gasteiger partial charge on any atom is -0.308 e. The predicted molar refractivity (Wildman–Crippen MR) is 79.1 cm³/mol. The summed E-state index contributed by atoms with van der Waals surface area (Å²) in [5, 5.41) is 4.58. The molecule has 0 radical (unpaired) electrons. The number of imidazole rings is 1. The monoisotopic (exact) mass is 303 g/mol. The zero-order chi connectivity index (χ0) is 13.4. The smallest absolute Gasteiger partial charge is 0.176 e. The molecule has 102 valence electrons. The van der Waals surface area contributed by atoms with Crippen LogP contribution in [0.1, 0.15) is 18.5 Å². The second-order valence-corrected chi connectivity index (χ2v) is 6.77. The van der Waals surface area contributed by atoms with Crippen molar-refractivity contribution < 1.29 is 0 Å². The van der Waals surface area contributed by atoms with E-state index in [0.717, 1.165) is 21.6 Å². The number of fused-ring (bicyclic) bond motifs is 1. The number of rotatable bonds is 5. The Balaban J connectivity index is 1.70. The van der Waals surface area contributed by atoms with Gasteiger partial charge in [0.05, 0.1) is 5.69 Å². The van der Waals surface area contributed by atoms with Gasteiger partial charge < -0.3 is 9.72 Å². The van der Waals surface area contributed by atoms with Crippen molar-refractivity contribution in [3.05, 3.63) is 36.4 Å². The van der Waals surface area contributed by atoms with Crippen LogP contribution in [0.25, 0.3) is 5.65 Å². The van der Waals surface area contributed by atoms with Gasteiger partial charge in [0, 0.05) is 18.8 Å². The van der Waals surface area contributed by atoms with Crippen LogP contribution in [0.3, 0.4) is 0 Å². The molecule has 0 atom stereocenters. The molecule has 7 heteroatoms. The van der Waals surface area contributed by atoms with Crippen LogP contribution in [0.2, 0.25) is 0 Å². The Bertz CT molecular complexity index is 718. The van der Waals surface area contributed by atoms with Gasteiger partial charge in [-0.3, -0.25) is 0 Å². The van der Waals surface area contributed by atoms with Crippen LogP contribution in [0.5, 0.6) is 0 Å². The summed E-state index contributed by atoms with van der Waals surface area (Å²) in [5.74, 6) is 0. The highest BCUT2D eigenvalue weighted by atomic mass is 32.2. The fraction of sp³-hybridized carbons (Fsp3) is 0.308. The van der Waals surface area contributed by atoms with E-state index in [2.05, 4.69) is 25.3 Å².